The minimum Gasteiger partial charge on any atom is -0.489 e. The first kappa shape index (κ1) is 23.6. The Hall–Kier alpha value is -4.10. The smallest absolute Gasteiger partial charge is 0.325 e. The first-order valence-electron chi connectivity index (χ1n) is 12.1. The second-order valence-corrected chi connectivity index (χ2v) is 9.09. The average molecular weight is 484 g/mol. The molecule has 1 aromatic heterocycles. The minimum absolute atomic E-state index is 0.0445. The van der Waals surface area contributed by atoms with E-state index in [1.54, 1.807) is 13.1 Å². The maximum absolute atomic E-state index is 12.5. The number of nitrogens with one attached hydrogen (secondary N) is 1. The van der Waals surface area contributed by atoms with Crippen LogP contribution in [0, 0.1) is 0 Å². The number of ether oxygens (including phenoxy) is 1. The summed E-state index contributed by atoms with van der Waals surface area (Å²) in [5, 5.41) is 11.1. The van der Waals surface area contributed by atoms with Crippen molar-refractivity contribution in [1.29, 1.82) is 0 Å². The highest BCUT2D eigenvalue weighted by atomic mass is 16.5. The van der Waals surface area contributed by atoms with Gasteiger partial charge in [-0.2, -0.15) is 0 Å². The monoisotopic (exact) mass is 483 g/mol. The van der Waals surface area contributed by atoms with Gasteiger partial charge in [-0.1, -0.05) is 30.3 Å². The molecule has 0 saturated carbocycles. The molecule has 1 fully saturated rings. The third-order valence-corrected chi connectivity index (χ3v) is 6.78. The molecule has 2 N–H and O–H groups in total. The second kappa shape index (κ2) is 10.3. The van der Waals surface area contributed by atoms with E-state index in [4.69, 9.17) is 4.74 Å². The van der Waals surface area contributed by atoms with E-state index in [1.807, 2.05) is 77.7 Å². The van der Waals surface area contributed by atoms with Gasteiger partial charge in [0.25, 0.3) is 0 Å². The number of ketones is 1. The molecule has 0 bridgehead atoms. The Morgan fingerprint density at radius 1 is 0.972 bits per heavy atom. The normalized spacial score (nSPS) is 15.1. The Morgan fingerprint density at radius 2 is 1.69 bits per heavy atom. The highest BCUT2D eigenvalue weighted by Gasteiger charge is 2.32. The van der Waals surface area contributed by atoms with Crippen LogP contribution < -0.4 is 9.64 Å². The van der Waals surface area contributed by atoms with Gasteiger partial charge in [-0.15, -0.1) is 0 Å². The molecule has 1 atom stereocenters. The third-order valence-electron chi connectivity index (χ3n) is 6.78. The molecule has 0 radical (unpaired) electrons. The summed E-state index contributed by atoms with van der Waals surface area (Å²) in [6.45, 7) is 4.64. The Balaban J connectivity index is 1.32. The largest absolute Gasteiger partial charge is 0.489 e. The first-order chi connectivity index (χ1) is 17.5. The lowest BCUT2D eigenvalue weighted by Crippen LogP contribution is -2.49. The van der Waals surface area contributed by atoms with Gasteiger partial charge >= 0.3 is 5.97 Å². The summed E-state index contributed by atoms with van der Waals surface area (Å²) < 4.78 is 5.99. The second-order valence-electron chi connectivity index (χ2n) is 9.09. The molecule has 3 aromatic carbocycles. The number of carbonyl (C=O) groups excluding carboxylic acids is 1. The molecule has 0 spiro atoms. The Morgan fingerprint density at radius 3 is 2.36 bits per heavy atom. The van der Waals surface area contributed by atoms with Gasteiger partial charge in [0.15, 0.2) is 5.78 Å². The molecule has 7 heteroatoms. The summed E-state index contributed by atoms with van der Waals surface area (Å²) in [6, 6.07) is 22.5. The first-order valence-corrected chi connectivity index (χ1v) is 12.1. The Bertz CT molecular complexity index is 1360. The average Bonchev–Trinajstić information content (AvgIpc) is 3.31. The fourth-order valence-electron chi connectivity index (χ4n) is 4.81. The molecule has 184 valence electrons. The van der Waals surface area contributed by atoms with Crippen LogP contribution in [0.3, 0.4) is 0 Å². The van der Waals surface area contributed by atoms with Crippen LogP contribution in [0.5, 0.6) is 5.75 Å². The van der Waals surface area contributed by atoms with E-state index < -0.39 is 12.0 Å². The molecule has 5 rings (SSSR count). The van der Waals surface area contributed by atoms with Crippen LogP contribution in [0.2, 0.25) is 0 Å². The van der Waals surface area contributed by atoms with Gasteiger partial charge in [-0.05, 0) is 55.0 Å². The van der Waals surface area contributed by atoms with E-state index in [-0.39, 0.29) is 5.78 Å². The van der Waals surface area contributed by atoms with Crippen LogP contribution in [0.15, 0.2) is 79.0 Å². The molecule has 1 aliphatic heterocycles. The van der Waals surface area contributed by atoms with Crippen LogP contribution in [0.4, 0.5) is 5.69 Å². The summed E-state index contributed by atoms with van der Waals surface area (Å²) in [7, 11) is 0. The van der Waals surface area contributed by atoms with E-state index >= 15 is 0 Å². The summed E-state index contributed by atoms with van der Waals surface area (Å²) in [5.74, 6) is -0.121. The molecule has 7 nitrogen and oxygen atoms in total. The number of hydrogen-bond acceptors (Lipinski definition) is 5. The zero-order chi connectivity index (χ0) is 25.1. The van der Waals surface area contributed by atoms with Crippen molar-refractivity contribution >= 4 is 28.3 Å². The molecule has 36 heavy (non-hydrogen) atoms. The number of carboxylic acid groups (broad SMARTS) is 1. The molecule has 1 aliphatic rings. The van der Waals surface area contributed by atoms with Crippen molar-refractivity contribution in [3.8, 4) is 5.75 Å². The van der Waals surface area contributed by atoms with Crippen molar-refractivity contribution < 1.29 is 19.4 Å². The number of carboxylic acids is 1. The van der Waals surface area contributed by atoms with Crippen LogP contribution in [0.1, 0.15) is 34.5 Å². The van der Waals surface area contributed by atoms with Gasteiger partial charge in [0, 0.05) is 60.1 Å². The van der Waals surface area contributed by atoms with E-state index in [2.05, 4.69) is 9.88 Å². The number of nitrogens with zero attached hydrogens (tertiary/aromatic N) is 2. The van der Waals surface area contributed by atoms with Crippen LogP contribution in [0.25, 0.3) is 10.9 Å². The SMILES string of the molecule is CC(=O)c1ccc(N2CCN([C@H](C(=O)O)c3c[nH]c4ccc(OCc5ccccc5)cc34)CC2)cc1. The number of fused-ring (bicyclic) bond motifs is 1. The van der Waals surface area contributed by atoms with Crippen molar-refractivity contribution in [3.63, 3.8) is 0 Å². The number of anilines is 1. The lowest BCUT2D eigenvalue weighted by Gasteiger charge is -2.38. The standard InChI is InChI=1S/C29H29N3O4/c1-20(33)22-7-9-23(10-8-22)31-13-15-32(16-14-31)28(29(34)35)26-18-30-27-12-11-24(17-25(26)27)36-19-21-5-3-2-4-6-21/h2-12,17-18,28,30H,13-16,19H2,1H3,(H,34,35)/t28-/m0/s1. The van der Waals surface area contributed by atoms with Crippen molar-refractivity contribution in [2.75, 3.05) is 31.1 Å². The zero-order valence-corrected chi connectivity index (χ0v) is 20.2. The third kappa shape index (κ3) is 4.97. The van der Waals surface area contributed by atoms with E-state index in [0.717, 1.165) is 27.7 Å². The van der Waals surface area contributed by atoms with Crippen molar-refractivity contribution in [1.82, 2.24) is 9.88 Å². The number of benzene rings is 3. The molecule has 0 aliphatic carbocycles. The number of Topliss-reactive ketones (excluding diaryl/α,β-unsaturated/α-hetero) is 1. The lowest BCUT2D eigenvalue weighted by atomic mass is 10.0. The van der Waals surface area contributed by atoms with Crippen molar-refractivity contribution in [3.05, 3.63) is 95.7 Å². The van der Waals surface area contributed by atoms with E-state index in [9.17, 15) is 14.7 Å². The molecular formula is C29H29N3O4. The van der Waals surface area contributed by atoms with E-state index in [1.165, 1.54) is 0 Å². The van der Waals surface area contributed by atoms with Gasteiger partial charge in [0.1, 0.15) is 18.4 Å². The fourth-order valence-corrected chi connectivity index (χ4v) is 4.81. The number of aromatic amines is 1. The predicted molar refractivity (Wildman–Crippen MR) is 140 cm³/mol. The molecule has 0 unspecified atom stereocenters. The van der Waals surface area contributed by atoms with E-state index in [0.29, 0.717) is 44.1 Å². The lowest BCUT2D eigenvalue weighted by molar-refractivity contribution is -0.143. The topological polar surface area (TPSA) is 85.9 Å². The number of aromatic nitrogens is 1. The van der Waals surface area contributed by atoms with Gasteiger partial charge in [-0.3, -0.25) is 14.5 Å². The summed E-state index contributed by atoms with van der Waals surface area (Å²) >= 11 is 0. The van der Waals surface area contributed by atoms with Crippen LogP contribution >= 0.6 is 0 Å². The van der Waals surface area contributed by atoms with Crippen LogP contribution in [-0.2, 0) is 11.4 Å². The molecule has 2 heterocycles. The predicted octanol–water partition coefficient (Wildman–Crippen LogP) is 4.90. The number of rotatable bonds is 8. The number of piperazine rings is 1. The Labute approximate surface area is 209 Å². The van der Waals surface area contributed by atoms with Gasteiger partial charge < -0.3 is 19.7 Å². The number of H-pyrrole nitrogens is 1. The maximum Gasteiger partial charge on any atom is 0.325 e. The summed E-state index contributed by atoms with van der Waals surface area (Å²) in [4.78, 5) is 31.5. The fraction of sp³-hybridized carbons (Fsp3) is 0.241. The highest BCUT2D eigenvalue weighted by Crippen LogP contribution is 2.32. The molecule has 1 saturated heterocycles. The quantitative estimate of drug-likeness (QED) is 0.347. The number of hydrogen-bond donors (Lipinski definition) is 2. The van der Waals surface area contributed by atoms with Gasteiger partial charge in [0.05, 0.1) is 0 Å². The summed E-state index contributed by atoms with van der Waals surface area (Å²) in [5.41, 5.74) is 4.42. The minimum atomic E-state index is -0.870. The maximum atomic E-state index is 12.5. The molecule has 4 aromatic rings. The van der Waals surface area contributed by atoms with Gasteiger partial charge in [-0.25, -0.2) is 0 Å². The summed E-state index contributed by atoms with van der Waals surface area (Å²) in [6.07, 6.45) is 1.80. The van der Waals surface area contributed by atoms with Crippen LogP contribution in [-0.4, -0.2) is 52.9 Å². The zero-order valence-electron chi connectivity index (χ0n) is 20.2. The number of aliphatic carboxylic acids is 1. The number of carbonyl (C=O) groups is 2. The molecule has 0 amide bonds. The van der Waals surface area contributed by atoms with Crippen molar-refractivity contribution in [2.45, 2.75) is 19.6 Å². The Kier molecular flexibility index (Phi) is 6.73. The van der Waals surface area contributed by atoms with Crippen molar-refractivity contribution in [2.24, 2.45) is 0 Å². The molecular weight excluding hydrogens is 454 g/mol. The highest BCUT2D eigenvalue weighted by molar-refractivity contribution is 5.94. The van der Waals surface area contributed by atoms with Gasteiger partial charge in [0.2, 0.25) is 0 Å².